The zero-order valence-electron chi connectivity index (χ0n) is 12.5. The molecule has 0 aliphatic heterocycles. The van der Waals surface area contributed by atoms with Gasteiger partial charge in [0.05, 0.1) is 17.9 Å². The Bertz CT molecular complexity index is 404. The molecule has 124 valence electrons. The molecule has 0 radical (unpaired) electrons. The number of nitrogens with zero attached hydrogens (tertiary/aromatic N) is 2. The highest BCUT2D eigenvalue weighted by Gasteiger charge is 2.35. The molecule has 0 saturated carbocycles. The Morgan fingerprint density at radius 3 is 2.52 bits per heavy atom. The summed E-state index contributed by atoms with van der Waals surface area (Å²) in [4.78, 5) is 16.0. The van der Waals surface area contributed by atoms with Gasteiger partial charge in [-0.25, -0.2) is 4.79 Å². The predicted octanol–water partition coefficient (Wildman–Crippen LogP) is 1.87. The number of carbonyl (C=O) groups excluding carboxylic acids is 1. The van der Waals surface area contributed by atoms with E-state index in [1.165, 1.54) is 30.1 Å². The highest BCUT2D eigenvalue weighted by atomic mass is 32.5. The molecule has 8 nitrogen and oxygen atoms in total. The highest BCUT2D eigenvalue weighted by Crippen LogP contribution is 2.52. The van der Waals surface area contributed by atoms with Crippen LogP contribution < -0.4 is 5.32 Å². The fourth-order valence-electron chi connectivity index (χ4n) is 1.06. The Balaban J connectivity index is 4.50. The third-order valence-electron chi connectivity index (χ3n) is 2.13. The van der Waals surface area contributed by atoms with Gasteiger partial charge in [0.2, 0.25) is 5.88 Å². The lowest BCUT2D eigenvalue weighted by molar-refractivity contribution is 0.152. The minimum Gasteiger partial charge on any atom is -0.596 e. The summed E-state index contributed by atoms with van der Waals surface area (Å²) < 4.78 is 23.8. The van der Waals surface area contributed by atoms with Crippen molar-refractivity contribution in [3.8, 4) is 0 Å². The molecule has 0 bridgehead atoms. The molecule has 1 atom stereocenters. The zero-order valence-corrected chi connectivity index (χ0v) is 15.9. The Kier molecular flexibility index (Phi) is 10.9. The fraction of sp³-hybridized carbons (Fsp3) is 0.778. The van der Waals surface area contributed by atoms with E-state index in [0.29, 0.717) is 11.6 Å². The van der Waals surface area contributed by atoms with Crippen molar-refractivity contribution in [1.82, 2.24) is 9.39 Å². The number of amides is 1. The van der Waals surface area contributed by atoms with E-state index in [1.807, 2.05) is 0 Å². The van der Waals surface area contributed by atoms with E-state index in [-0.39, 0.29) is 5.88 Å². The minimum absolute atomic E-state index is 0.175. The molecule has 0 heterocycles. The van der Waals surface area contributed by atoms with Crippen LogP contribution in [0.3, 0.4) is 0 Å². The van der Waals surface area contributed by atoms with Gasteiger partial charge in [0, 0.05) is 14.2 Å². The van der Waals surface area contributed by atoms with Crippen LogP contribution in [0.5, 0.6) is 0 Å². The molecule has 0 aliphatic rings. The van der Waals surface area contributed by atoms with Gasteiger partial charge in [-0.3, -0.25) is 10.2 Å². The first-order valence-electron chi connectivity index (χ1n) is 5.76. The minimum atomic E-state index is -2.80. The predicted molar refractivity (Wildman–Crippen MR) is 89.9 cm³/mol. The molecule has 0 aromatic rings. The summed E-state index contributed by atoms with van der Waals surface area (Å²) in [5, 5.41) is 6.49. The van der Waals surface area contributed by atoms with E-state index in [4.69, 9.17) is 20.9 Å². The van der Waals surface area contributed by atoms with Crippen molar-refractivity contribution >= 4 is 52.7 Å². The molecule has 21 heavy (non-hydrogen) atoms. The molecular formula is C9H20N3O5PS3. The molecule has 1 N–H and O–H groups in total. The quantitative estimate of drug-likeness (QED) is 0.171. The van der Waals surface area contributed by atoms with Crippen LogP contribution in [0.4, 0.5) is 4.79 Å². The first kappa shape index (κ1) is 21.1. The maximum absolute atomic E-state index is 12.2. The summed E-state index contributed by atoms with van der Waals surface area (Å²) in [5.74, 6) is -0.175. The van der Waals surface area contributed by atoms with E-state index in [9.17, 15) is 9.35 Å². The van der Waals surface area contributed by atoms with Crippen molar-refractivity contribution in [3.05, 3.63) is 0 Å². The Hall–Kier alpha value is 0.130. The van der Waals surface area contributed by atoms with Crippen molar-refractivity contribution in [2.75, 3.05) is 32.9 Å². The monoisotopic (exact) mass is 377 g/mol. The average molecular weight is 377 g/mol. The van der Waals surface area contributed by atoms with Gasteiger partial charge in [0.15, 0.2) is 0 Å². The van der Waals surface area contributed by atoms with Crippen LogP contribution in [0, 0.1) is 0 Å². The number of hydrogen-bond acceptors (Lipinski definition) is 8. The Morgan fingerprint density at radius 2 is 2.10 bits per heavy atom. The van der Waals surface area contributed by atoms with Crippen molar-refractivity contribution in [1.29, 1.82) is 0 Å². The fourth-order valence-corrected chi connectivity index (χ4v) is 5.19. The van der Waals surface area contributed by atoms with Gasteiger partial charge >= 0.3 is 12.7 Å². The third-order valence-corrected chi connectivity index (χ3v) is 8.66. The molecule has 0 fully saturated rings. The van der Waals surface area contributed by atoms with Gasteiger partial charge in [-0.05, 0) is 36.0 Å². The molecule has 0 aliphatic carbocycles. The van der Waals surface area contributed by atoms with Crippen LogP contribution in [0.1, 0.15) is 13.8 Å². The zero-order chi connectivity index (χ0) is 16.5. The maximum atomic E-state index is 12.2. The van der Waals surface area contributed by atoms with E-state index >= 15 is 0 Å². The second-order valence-electron chi connectivity index (χ2n) is 3.34. The molecule has 0 saturated heterocycles. The lowest BCUT2D eigenvalue weighted by atomic mass is 10.8. The summed E-state index contributed by atoms with van der Waals surface area (Å²) in [6.45, 7) is 1.02. The van der Waals surface area contributed by atoms with Crippen LogP contribution in [0.2, 0.25) is 0 Å². The molecule has 1 amide bonds. The van der Waals surface area contributed by atoms with Gasteiger partial charge in [-0.2, -0.15) is 0 Å². The van der Waals surface area contributed by atoms with E-state index < -0.39 is 24.1 Å². The van der Waals surface area contributed by atoms with E-state index in [1.54, 1.807) is 20.1 Å². The molecule has 0 spiro atoms. The third kappa shape index (κ3) is 7.29. The standard InChI is InChI=1S/C9H20N3O5PS3/c1-6-12(18(19,15-3)16-4)21(14)7-10-9(13)17-11-8(2)20-5/h6-7H2,1-5H3,(H,10,13)/b11-8+. The van der Waals surface area contributed by atoms with Crippen LogP contribution in [-0.2, 0) is 37.1 Å². The van der Waals surface area contributed by atoms with Crippen molar-refractivity contribution in [2.24, 2.45) is 5.16 Å². The Morgan fingerprint density at radius 1 is 1.52 bits per heavy atom. The summed E-state index contributed by atoms with van der Waals surface area (Å²) in [6, 6.07) is 0. The molecular weight excluding hydrogens is 357 g/mol. The van der Waals surface area contributed by atoms with E-state index in [2.05, 4.69) is 15.3 Å². The van der Waals surface area contributed by atoms with Crippen molar-refractivity contribution in [3.63, 3.8) is 0 Å². The topological polar surface area (TPSA) is 95.5 Å². The first-order chi connectivity index (χ1) is 9.84. The number of nitrogens with one attached hydrogen (secondary N) is 1. The summed E-state index contributed by atoms with van der Waals surface area (Å²) in [5.41, 5.74) is 0. The van der Waals surface area contributed by atoms with Crippen LogP contribution in [0.15, 0.2) is 5.16 Å². The second-order valence-corrected chi connectivity index (χ2v) is 9.51. The molecule has 0 rings (SSSR count). The maximum Gasteiger partial charge on any atom is 0.437 e. The van der Waals surface area contributed by atoms with Gasteiger partial charge in [0.25, 0.3) is 0 Å². The second kappa shape index (κ2) is 10.8. The molecule has 0 aromatic heterocycles. The van der Waals surface area contributed by atoms with Crippen LogP contribution in [-0.4, -0.2) is 52.7 Å². The lowest BCUT2D eigenvalue weighted by Gasteiger charge is -2.30. The smallest absolute Gasteiger partial charge is 0.437 e. The van der Waals surface area contributed by atoms with Gasteiger partial charge in [-0.1, -0.05) is 5.16 Å². The highest BCUT2D eigenvalue weighted by molar-refractivity contribution is 8.13. The number of hydrogen-bond donors (Lipinski definition) is 1. The molecule has 12 heteroatoms. The summed E-state index contributed by atoms with van der Waals surface area (Å²) in [7, 11) is 2.79. The number of rotatable bonds is 8. The normalized spacial score (nSPS) is 14.1. The number of oxime groups is 1. The SMILES string of the molecule is CCN([S+]([O-])CNC(=O)O/N=C(\C)SC)P(=S)(OC)OC. The van der Waals surface area contributed by atoms with Gasteiger partial charge in [0.1, 0.15) is 5.04 Å². The van der Waals surface area contributed by atoms with Crippen LogP contribution >= 0.6 is 18.4 Å². The lowest BCUT2D eigenvalue weighted by Crippen LogP contribution is -2.38. The summed E-state index contributed by atoms with van der Waals surface area (Å²) >= 11 is 4.96. The van der Waals surface area contributed by atoms with Gasteiger partial charge < -0.3 is 13.6 Å². The average Bonchev–Trinajstić information content (AvgIpc) is 2.50. The number of carbonyl (C=O) groups is 1. The summed E-state index contributed by atoms with van der Waals surface area (Å²) in [6.07, 6.45) is 1.01. The van der Waals surface area contributed by atoms with Crippen molar-refractivity contribution < 1.29 is 23.2 Å². The Labute approximate surface area is 137 Å². The van der Waals surface area contributed by atoms with Gasteiger partial charge in [-0.15, -0.1) is 11.8 Å². The largest absolute Gasteiger partial charge is 0.596 e. The van der Waals surface area contributed by atoms with Crippen molar-refractivity contribution in [2.45, 2.75) is 13.8 Å². The number of thioether (sulfide) groups is 1. The van der Waals surface area contributed by atoms with E-state index in [0.717, 1.165) is 0 Å². The van der Waals surface area contributed by atoms with Crippen LogP contribution in [0.25, 0.3) is 0 Å². The molecule has 0 aromatic carbocycles. The first-order valence-corrected chi connectivity index (χ1v) is 10.8. The molecule has 1 unspecified atom stereocenters.